The third-order valence-electron chi connectivity index (χ3n) is 17.5. The summed E-state index contributed by atoms with van der Waals surface area (Å²) in [5, 5.41) is 54.4. The van der Waals surface area contributed by atoms with E-state index in [4.69, 9.17) is 28.5 Å². The minimum Gasteiger partial charge on any atom is -0.480 e. The van der Waals surface area contributed by atoms with Gasteiger partial charge in [0, 0.05) is 68.7 Å². The number of rotatable bonds is 26. The van der Waals surface area contributed by atoms with Gasteiger partial charge in [-0.25, -0.2) is 4.79 Å². The number of nitrogens with two attached hydrogens (primary N) is 2. The van der Waals surface area contributed by atoms with E-state index in [2.05, 4.69) is 73.8 Å². The van der Waals surface area contributed by atoms with Crippen LogP contribution in [-0.4, -0.2) is 192 Å². The van der Waals surface area contributed by atoms with Crippen molar-refractivity contribution >= 4 is 122 Å². The van der Waals surface area contributed by atoms with E-state index in [9.17, 15) is 58.6 Å². The molecule has 13 amide bonds. The molecule has 564 valence electrons. The summed E-state index contributed by atoms with van der Waals surface area (Å²) in [6.45, 7) is 2.98. The highest BCUT2D eigenvalue weighted by molar-refractivity contribution is 6.30. The molecule has 106 heavy (non-hydrogen) atoms. The number of halogens is 1. The molecule has 0 spiro atoms. The van der Waals surface area contributed by atoms with E-state index in [1.807, 2.05) is 24.3 Å². The molecule has 18 N–H and O–H groups in total. The Kier molecular flexibility index (Phi) is 30.6. The molecule has 5 aromatic carbocycles. The van der Waals surface area contributed by atoms with Gasteiger partial charge in [-0.05, 0) is 105 Å². The average molecular weight is 1480 g/mol. The molecule has 0 radical (unpaired) electrons. The largest absolute Gasteiger partial charge is 0.480 e. The number of carboxylic acid groups (broad SMARTS) is 1. The quantitative estimate of drug-likeness (QED) is 0.00840. The maximum atomic E-state index is 15.3. The van der Waals surface area contributed by atoms with Crippen LogP contribution in [0.3, 0.4) is 0 Å². The third kappa shape index (κ3) is 25.0. The maximum absolute atomic E-state index is 15.3. The lowest BCUT2D eigenvalue weighted by atomic mass is 9.98. The van der Waals surface area contributed by atoms with Crippen LogP contribution in [0.15, 0.2) is 114 Å². The minimum absolute atomic E-state index is 0.0394. The fourth-order valence-corrected chi connectivity index (χ4v) is 12.3. The Labute approximate surface area is 614 Å². The highest BCUT2D eigenvalue weighted by Gasteiger charge is 2.41. The van der Waals surface area contributed by atoms with E-state index in [0.29, 0.717) is 28.1 Å². The van der Waals surface area contributed by atoms with Crippen molar-refractivity contribution in [2.45, 2.75) is 152 Å². The molecule has 0 unspecified atom stereocenters. The summed E-state index contributed by atoms with van der Waals surface area (Å²) in [4.78, 5) is 201. The number of carboxylic acids is 1. The van der Waals surface area contributed by atoms with Gasteiger partial charge in [0.05, 0.1) is 13.0 Å². The zero-order chi connectivity index (χ0) is 77.1. The highest BCUT2D eigenvalue weighted by atomic mass is 35.5. The number of guanidine groups is 1. The Bertz CT molecular complexity index is 4160. The Hall–Kier alpha value is -11.8. The molecular formula is C71H88ClN19O15. The van der Waals surface area contributed by atoms with E-state index < -0.39 is 182 Å². The number of fused-ring (bicyclic) bond motifs is 2. The van der Waals surface area contributed by atoms with Crippen LogP contribution >= 0.6 is 11.6 Å². The van der Waals surface area contributed by atoms with E-state index in [0.717, 1.165) is 28.5 Å². The van der Waals surface area contributed by atoms with Crippen molar-refractivity contribution in [2.24, 2.45) is 22.5 Å². The third-order valence-corrected chi connectivity index (χ3v) is 17.7. The van der Waals surface area contributed by atoms with Crippen LogP contribution in [0.2, 0.25) is 5.02 Å². The Morgan fingerprint density at radius 1 is 0.679 bits per heavy atom. The lowest BCUT2D eigenvalue weighted by Gasteiger charge is -2.31. The van der Waals surface area contributed by atoms with Crippen molar-refractivity contribution in [3.63, 3.8) is 0 Å². The maximum Gasteiger partial charge on any atom is 0.327 e. The lowest BCUT2D eigenvalue weighted by Crippen LogP contribution is -2.61. The van der Waals surface area contributed by atoms with Gasteiger partial charge >= 0.3 is 5.97 Å². The first-order valence-corrected chi connectivity index (χ1v) is 34.8. The van der Waals surface area contributed by atoms with E-state index in [1.54, 1.807) is 86.6 Å². The van der Waals surface area contributed by atoms with E-state index in [1.165, 1.54) is 17.0 Å². The van der Waals surface area contributed by atoms with Crippen LogP contribution < -0.4 is 75.3 Å². The number of hydrogen-bond donors (Lipinski definition) is 16. The molecule has 0 aliphatic carbocycles. The average Bonchev–Trinajstić information content (AvgIpc) is 1.47. The zero-order valence-electron chi connectivity index (χ0n) is 58.5. The number of carbonyl (C=O) groups excluding carboxylic acids is 13. The van der Waals surface area contributed by atoms with E-state index >= 15 is 19.2 Å². The van der Waals surface area contributed by atoms with Crippen LogP contribution in [0.5, 0.6) is 0 Å². The van der Waals surface area contributed by atoms with Gasteiger partial charge in [0.25, 0.3) is 0 Å². The molecule has 5 aromatic rings. The van der Waals surface area contributed by atoms with Crippen molar-refractivity contribution < 1.29 is 72.2 Å². The van der Waals surface area contributed by atoms with Crippen molar-refractivity contribution in [1.29, 1.82) is 5.41 Å². The Morgan fingerprint density at radius 2 is 1.25 bits per heavy atom. The van der Waals surface area contributed by atoms with Gasteiger partial charge in [0.15, 0.2) is 5.96 Å². The smallest absolute Gasteiger partial charge is 0.327 e. The summed E-state index contributed by atoms with van der Waals surface area (Å²) in [7, 11) is 0. The summed E-state index contributed by atoms with van der Waals surface area (Å²) in [5.74, 6) is -14.9. The number of carbonyl (C=O) groups is 14. The van der Waals surface area contributed by atoms with Gasteiger partial charge in [0.2, 0.25) is 76.8 Å². The number of hydrogen-bond acceptors (Lipinski definition) is 16. The molecule has 10 atom stereocenters. The van der Waals surface area contributed by atoms with Crippen molar-refractivity contribution in [3.05, 3.63) is 141 Å². The predicted octanol–water partition coefficient (Wildman–Crippen LogP) is -0.346. The Morgan fingerprint density at radius 3 is 1.86 bits per heavy atom. The topological polar surface area (TPSA) is 531 Å². The molecule has 7 rings (SSSR count). The molecule has 0 saturated carbocycles. The SMILES string of the molecule is CC(=O)N[C@H]1CC(=O)NCC(=O)NCC[C@@H](C(=O)N[C@H](Cc2ccc3ccccc3c2)C(=O)N[C@@H](CC(C)C)C(=O)N[C@@H](CCCNC(=N)N)C(=O)N2CCC[C@H]2C(=O)N[C@@H](CN)C(=O)O)NC(=O)[C@H](CC(=O)N=[N+]=[N-])NC(=O)[C@@H](Cc2ccc3ccccc3c2)NC(=O)[C@@H](Cc2ccc(Cl)cc2)NC1=O. The first kappa shape index (κ1) is 81.5. The molecule has 2 fully saturated rings. The van der Waals surface area contributed by atoms with Crippen LogP contribution in [0.1, 0.15) is 88.8 Å². The van der Waals surface area contributed by atoms with Crippen LogP contribution in [0.4, 0.5) is 0 Å². The van der Waals surface area contributed by atoms with Gasteiger partial charge < -0.3 is 85.3 Å². The van der Waals surface area contributed by atoms with Gasteiger partial charge in [0.1, 0.15) is 60.4 Å². The molecule has 0 bridgehead atoms. The molecular weight excluding hydrogens is 1390 g/mol. The number of amides is 13. The van der Waals surface area contributed by atoms with Crippen molar-refractivity contribution in [3.8, 4) is 0 Å². The first-order chi connectivity index (χ1) is 50.6. The number of nitrogens with zero attached hydrogens (tertiary/aromatic N) is 4. The number of likely N-dealkylation sites (tertiary alicyclic amines) is 1. The molecule has 2 heterocycles. The number of benzene rings is 5. The van der Waals surface area contributed by atoms with E-state index in [-0.39, 0.29) is 69.9 Å². The van der Waals surface area contributed by atoms with Crippen molar-refractivity contribution in [1.82, 2.24) is 68.7 Å². The second kappa shape index (κ2) is 39.8. The fourth-order valence-electron chi connectivity index (χ4n) is 12.1. The summed E-state index contributed by atoms with van der Waals surface area (Å²) in [5.41, 5.74) is 21.9. The molecule has 2 saturated heterocycles. The first-order valence-electron chi connectivity index (χ1n) is 34.4. The molecule has 2 aliphatic rings. The number of aliphatic carboxylic acids is 1. The summed E-state index contributed by atoms with van der Waals surface area (Å²) in [6.07, 6.45) is -2.86. The lowest BCUT2D eigenvalue weighted by molar-refractivity contribution is -0.145. The summed E-state index contributed by atoms with van der Waals surface area (Å²) >= 11 is 6.20. The fraction of sp³-hybridized carbons (Fsp3) is 0.423. The Balaban J connectivity index is 1.25. The normalized spacial score (nSPS) is 19.6. The molecule has 35 heteroatoms. The van der Waals surface area contributed by atoms with Gasteiger partial charge in [-0.3, -0.25) is 67.7 Å². The second-order valence-electron chi connectivity index (χ2n) is 26.1. The predicted molar refractivity (Wildman–Crippen MR) is 388 cm³/mol. The molecule has 34 nitrogen and oxygen atoms in total. The zero-order valence-corrected chi connectivity index (χ0v) is 59.3. The van der Waals surface area contributed by atoms with Crippen molar-refractivity contribution in [2.75, 3.05) is 32.7 Å². The van der Waals surface area contributed by atoms with Crippen LogP contribution in [0.25, 0.3) is 32.0 Å². The number of azide groups is 1. The monoisotopic (exact) mass is 1480 g/mol. The van der Waals surface area contributed by atoms with Crippen LogP contribution in [0, 0.1) is 11.3 Å². The van der Waals surface area contributed by atoms with Gasteiger partial charge in [-0.1, -0.05) is 123 Å². The molecule has 2 aliphatic heterocycles. The summed E-state index contributed by atoms with van der Waals surface area (Å²) in [6, 6.07) is 15.0. The number of nitrogens with one attached hydrogen (secondary N) is 13. The summed E-state index contributed by atoms with van der Waals surface area (Å²) < 4.78 is 0. The highest BCUT2D eigenvalue weighted by Crippen LogP contribution is 2.23. The minimum atomic E-state index is -2.04. The van der Waals surface area contributed by atoms with Gasteiger partial charge in [-0.15, -0.1) is 0 Å². The van der Waals surface area contributed by atoms with Gasteiger partial charge in [-0.2, -0.15) is 0 Å². The van der Waals surface area contributed by atoms with Crippen LogP contribution in [-0.2, 0) is 86.4 Å². The second-order valence-corrected chi connectivity index (χ2v) is 26.6. The molecule has 0 aromatic heterocycles. The standard InChI is InChI=1S/C71H88ClN19O15/c1-38(2)28-50(62(97)82-49(14-8-25-78-71(74)75)69(104)91-27-9-15-57(91)68(103)88-56(36-73)70(105)106)83-64(99)52(32-41-16-20-43-10-4-6-12-45(43)29-41)84-61(96)48-24-26-77-60(95)37-79-58(93)34-54(80-39(3)92)66(101)85-51(31-40-18-22-47(72)23-19-40)63(98)86-53(33-42-17-21-44-11-5-7-13-46(44)30-42)65(100)87-55(67(102)81-48)35-59(94)89-90-76/h4-7,10-13,16-23,29-30,38,48-57H,8-9,14-15,24-28,31-37,73H2,1-3H3,(H,77,95)(H,79,93)(H,80,92)(H,81,102)(H,82,97)(H,83,99)(H,84,96)(H,85,101)(H,86,98)(H,87,100)(H,88,103)(H,105,106)(H4,74,75,78)/t48-,49-,50-,51+,52+,53+,54-,55-,56-,57-/m0/s1.